The van der Waals surface area contributed by atoms with E-state index in [1.807, 2.05) is 19.5 Å². The van der Waals surface area contributed by atoms with Crippen LogP contribution in [-0.2, 0) is 6.54 Å². The number of rotatable bonds is 3. The smallest absolute Gasteiger partial charge is 0.121 e. The summed E-state index contributed by atoms with van der Waals surface area (Å²) in [6.07, 6.45) is -0.439. The van der Waals surface area contributed by atoms with Gasteiger partial charge >= 0.3 is 0 Å². The van der Waals surface area contributed by atoms with Crippen molar-refractivity contribution in [2.24, 2.45) is 0 Å². The molecule has 0 saturated carbocycles. The van der Waals surface area contributed by atoms with Crippen LogP contribution in [0.25, 0.3) is 0 Å². The summed E-state index contributed by atoms with van der Waals surface area (Å²) in [4.78, 5) is 6.33. The van der Waals surface area contributed by atoms with E-state index in [0.717, 1.165) is 17.2 Å². The fraction of sp³-hybridized carbons (Fsp3) is 0.625. The van der Waals surface area contributed by atoms with Gasteiger partial charge in [0.05, 0.1) is 5.69 Å². The molecule has 1 atom stereocenters. The molecule has 68 valence electrons. The molecule has 0 radical (unpaired) electrons. The molecule has 12 heavy (non-hydrogen) atoms. The van der Waals surface area contributed by atoms with Crippen LogP contribution >= 0.6 is 11.3 Å². The molecule has 0 bridgehead atoms. The lowest BCUT2D eigenvalue weighted by Gasteiger charge is -2.05. The van der Waals surface area contributed by atoms with Crippen LogP contribution in [0.4, 0.5) is 0 Å². The summed E-state index contributed by atoms with van der Waals surface area (Å²) in [7, 11) is 4.00. The summed E-state index contributed by atoms with van der Waals surface area (Å²) in [6.45, 7) is 2.57. The molecule has 0 spiro atoms. The Labute approximate surface area is 76.7 Å². The van der Waals surface area contributed by atoms with Gasteiger partial charge in [0.25, 0.3) is 0 Å². The van der Waals surface area contributed by atoms with Gasteiger partial charge in [0.1, 0.15) is 11.1 Å². The zero-order chi connectivity index (χ0) is 9.14. The van der Waals surface area contributed by atoms with Crippen molar-refractivity contribution in [2.75, 3.05) is 14.1 Å². The predicted octanol–water partition coefficient (Wildman–Crippen LogP) is 1.26. The van der Waals surface area contributed by atoms with Crippen LogP contribution in [0.1, 0.15) is 23.7 Å². The van der Waals surface area contributed by atoms with Gasteiger partial charge in [0.15, 0.2) is 0 Å². The van der Waals surface area contributed by atoms with Crippen molar-refractivity contribution in [3.05, 3.63) is 16.1 Å². The fourth-order valence-corrected chi connectivity index (χ4v) is 1.66. The highest BCUT2D eigenvalue weighted by atomic mass is 32.1. The predicted molar refractivity (Wildman–Crippen MR) is 50.1 cm³/mol. The molecule has 1 aromatic heterocycles. The topological polar surface area (TPSA) is 36.4 Å². The minimum Gasteiger partial charge on any atom is -0.386 e. The van der Waals surface area contributed by atoms with E-state index in [1.165, 1.54) is 11.3 Å². The van der Waals surface area contributed by atoms with Gasteiger partial charge in [-0.15, -0.1) is 11.3 Å². The number of hydrogen-bond donors (Lipinski definition) is 1. The summed E-state index contributed by atoms with van der Waals surface area (Å²) in [5, 5.41) is 12.0. The first kappa shape index (κ1) is 9.64. The zero-order valence-corrected chi connectivity index (χ0v) is 8.43. The molecule has 1 heterocycles. The maximum Gasteiger partial charge on any atom is 0.121 e. The van der Waals surface area contributed by atoms with Crippen LogP contribution in [0, 0.1) is 0 Å². The first-order valence-corrected chi connectivity index (χ1v) is 4.74. The summed E-state index contributed by atoms with van der Waals surface area (Å²) in [6, 6.07) is 0. The first-order chi connectivity index (χ1) is 5.59. The lowest BCUT2D eigenvalue weighted by molar-refractivity contribution is 0.198. The molecular weight excluding hydrogens is 172 g/mol. The Hall–Kier alpha value is -0.450. The molecule has 0 saturated heterocycles. The van der Waals surface area contributed by atoms with Gasteiger partial charge < -0.3 is 10.0 Å². The highest BCUT2D eigenvalue weighted by molar-refractivity contribution is 7.09. The van der Waals surface area contributed by atoms with Gasteiger partial charge in [-0.3, -0.25) is 0 Å². The van der Waals surface area contributed by atoms with Crippen LogP contribution in [0.15, 0.2) is 5.38 Å². The van der Waals surface area contributed by atoms with Crippen LogP contribution in [-0.4, -0.2) is 29.1 Å². The lowest BCUT2D eigenvalue weighted by atomic mass is 10.4. The molecule has 0 aliphatic heterocycles. The Morgan fingerprint density at radius 2 is 2.33 bits per heavy atom. The molecule has 0 aromatic carbocycles. The van der Waals surface area contributed by atoms with Gasteiger partial charge in [-0.25, -0.2) is 4.98 Å². The average Bonchev–Trinajstić information content (AvgIpc) is 2.34. The first-order valence-electron chi connectivity index (χ1n) is 3.86. The van der Waals surface area contributed by atoms with E-state index >= 15 is 0 Å². The fourth-order valence-electron chi connectivity index (χ4n) is 0.911. The maximum absolute atomic E-state index is 9.21. The Bertz CT molecular complexity index is 245. The lowest BCUT2D eigenvalue weighted by Crippen LogP contribution is -2.10. The van der Waals surface area contributed by atoms with Gasteiger partial charge in [0.2, 0.25) is 0 Å². The zero-order valence-electron chi connectivity index (χ0n) is 7.61. The Kier molecular flexibility index (Phi) is 3.20. The van der Waals surface area contributed by atoms with E-state index in [9.17, 15) is 5.11 Å². The number of aromatic nitrogens is 1. The van der Waals surface area contributed by atoms with Gasteiger partial charge in [-0.05, 0) is 21.0 Å². The van der Waals surface area contributed by atoms with Crippen LogP contribution in [0.3, 0.4) is 0 Å². The minimum absolute atomic E-state index is 0.439. The monoisotopic (exact) mass is 186 g/mol. The minimum atomic E-state index is -0.439. The summed E-state index contributed by atoms with van der Waals surface area (Å²) in [5.41, 5.74) is 1.03. The average molecular weight is 186 g/mol. The third kappa shape index (κ3) is 2.55. The molecule has 1 N–H and O–H groups in total. The molecule has 0 aliphatic carbocycles. The van der Waals surface area contributed by atoms with E-state index in [1.54, 1.807) is 6.92 Å². The van der Waals surface area contributed by atoms with Crippen molar-refractivity contribution < 1.29 is 5.11 Å². The third-order valence-corrected chi connectivity index (χ3v) is 2.47. The standard InChI is InChI=1S/C8H14N2OS/c1-6(11)8-9-7(5-12-8)4-10(2)3/h5-6,11H,4H2,1-3H3. The van der Waals surface area contributed by atoms with Crippen LogP contribution < -0.4 is 0 Å². The van der Waals surface area contributed by atoms with E-state index in [2.05, 4.69) is 9.88 Å². The second-order valence-electron chi connectivity index (χ2n) is 3.09. The Balaban J connectivity index is 2.64. The van der Waals surface area contributed by atoms with Crippen molar-refractivity contribution in [1.82, 2.24) is 9.88 Å². The summed E-state index contributed by atoms with van der Waals surface area (Å²) in [5.74, 6) is 0. The van der Waals surface area contributed by atoms with Gasteiger partial charge in [0, 0.05) is 11.9 Å². The van der Waals surface area contributed by atoms with Crippen molar-refractivity contribution in [1.29, 1.82) is 0 Å². The second kappa shape index (κ2) is 3.98. The van der Waals surface area contributed by atoms with Crippen molar-refractivity contribution in [3.63, 3.8) is 0 Å². The van der Waals surface area contributed by atoms with Crippen LogP contribution in [0.2, 0.25) is 0 Å². The van der Waals surface area contributed by atoms with Crippen LogP contribution in [0.5, 0.6) is 0 Å². The van der Waals surface area contributed by atoms with E-state index in [-0.39, 0.29) is 0 Å². The van der Waals surface area contributed by atoms with Crippen molar-refractivity contribution >= 4 is 11.3 Å². The molecule has 3 nitrogen and oxygen atoms in total. The number of aliphatic hydroxyl groups excluding tert-OH is 1. The quantitative estimate of drug-likeness (QED) is 0.772. The highest BCUT2D eigenvalue weighted by Crippen LogP contribution is 2.17. The van der Waals surface area contributed by atoms with Gasteiger partial charge in [-0.1, -0.05) is 0 Å². The normalized spacial score (nSPS) is 13.8. The Morgan fingerprint density at radius 3 is 2.75 bits per heavy atom. The molecule has 0 aliphatic rings. The van der Waals surface area contributed by atoms with Crippen molar-refractivity contribution in [3.8, 4) is 0 Å². The maximum atomic E-state index is 9.21. The number of thiazole rings is 1. The van der Waals surface area contributed by atoms with Gasteiger partial charge in [-0.2, -0.15) is 0 Å². The molecule has 0 amide bonds. The molecule has 1 rings (SSSR count). The molecule has 0 fully saturated rings. The number of hydrogen-bond acceptors (Lipinski definition) is 4. The van der Waals surface area contributed by atoms with E-state index in [4.69, 9.17) is 0 Å². The Morgan fingerprint density at radius 1 is 1.67 bits per heavy atom. The molecule has 1 unspecified atom stereocenters. The summed E-state index contributed by atoms with van der Waals surface area (Å²) < 4.78 is 0. The molecular formula is C8H14N2OS. The number of nitrogens with zero attached hydrogens (tertiary/aromatic N) is 2. The van der Waals surface area contributed by atoms with Crippen molar-refractivity contribution in [2.45, 2.75) is 19.6 Å². The number of aliphatic hydroxyl groups is 1. The molecule has 4 heteroatoms. The SMILES string of the molecule is CC(O)c1nc(CN(C)C)cs1. The van der Waals surface area contributed by atoms with E-state index in [0.29, 0.717) is 0 Å². The highest BCUT2D eigenvalue weighted by Gasteiger charge is 2.06. The summed E-state index contributed by atoms with van der Waals surface area (Å²) >= 11 is 1.51. The molecule has 1 aromatic rings. The van der Waals surface area contributed by atoms with E-state index < -0.39 is 6.10 Å². The third-order valence-electron chi connectivity index (χ3n) is 1.41. The second-order valence-corrected chi connectivity index (χ2v) is 3.98. The largest absolute Gasteiger partial charge is 0.386 e.